The average Bonchev–Trinajstić information content (AvgIpc) is 2.92. The molecule has 0 radical (unpaired) electrons. The third kappa shape index (κ3) is 4.17. The van der Waals surface area contributed by atoms with Crippen molar-refractivity contribution in [2.75, 3.05) is 20.9 Å². The van der Waals surface area contributed by atoms with Gasteiger partial charge in [-0.2, -0.15) is 0 Å². The lowest BCUT2D eigenvalue weighted by Gasteiger charge is -2.19. The zero-order chi connectivity index (χ0) is 25.6. The maximum absolute atomic E-state index is 13.8. The number of benzene rings is 4. The molecule has 6 rings (SSSR count). The number of ether oxygens (including phenoxy) is 2. The van der Waals surface area contributed by atoms with E-state index in [0.29, 0.717) is 33.3 Å². The summed E-state index contributed by atoms with van der Waals surface area (Å²) in [6.07, 6.45) is 0. The molecule has 6 aromatic rings. The Bertz CT molecular complexity index is 1740. The molecule has 37 heavy (non-hydrogen) atoms. The van der Waals surface area contributed by atoms with Crippen LogP contribution in [0.15, 0.2) is 84.9 Å². The molecule has 4 aromatic carbocycles. The van der Waals surface area contributed by atoms with Gasteiger partial charge in [0.1, 0.15) is 11.5 Å². The summed E-state index contributed by atoms with van der Waals surface area (Å²) in [6.45, 7) is 1.42. The van der Waals surface area contributed by atoms with Crippen molar-refractivity contribution in [2.45, 2.75) is 0 Å². The van der Waals surface area contributed by atoms with E-state index in [1.807, 2.05) is 84.9 Å². The molecule has 2 aromatic heterocycles. The standard InChI is InChI=1S/C29H23N2O5P/c1-33-18-12-14-20-22-8-4-6-10-26(22)30-28(24(20)16-18)35-37(3,32)36-29-25-17-19(34-2)13-15-21(25)23-9-5-7-11-27(23)31-29/h4-17H,1-3H3. The van der Waals surface area contributed by atoms with Crippen molar-refractivity contribution in [3.05, 3.63) is 84.9 Å². The molecule has 0 aliphatic heterocycles. The summed E-state index contributed by atoms with van der Waals surface area (Å²) in [5, 5.41) is 5.05. The summed E-state index contributed by atoms with van der Waals surface area (Å²) >= 11 is 0. The van der Waals surface area contributed by atoms with Crippen molar-refractivity contribution in [1.82, 2.24) is 9.97 Å². The fourth-order valence-corrected chi connectivity index (χ4v) is 5.48. The maximum Gasteiger partial charge on any atom is 0.430 e. The summed E-state index contributed by atoms with van der Waals surface area (Å²) in [5.74, 6) is 1.66. The van der Waals surface area contributed by atoms with E-state index >= 15 is 0 Å². The van der Waals surface area contributed by atoms with Crippen LogP contribution in [0.5, 0.6) is 23.3 Å². The van der Waals surface area contributed by atoms with Gasteiger partial charge in [0.25, 0.3) is 0 Å². The van der Waals surface area contributed by atoms with Crippen LogP contribution >= 0.6 is 7.60 Å². The summed E-state index contributed by atoms with van der Waals surface area (Å²) in [5.41, 5.74) is 1.43. The Labute approximate surface area is 213 Å². The molecule has 0 unspecified atom stereocenters. The topological polar surface area (TPSA) is 79.8 Å². The third-order valence-corrected chi connectivity index (χ3v) is 7.26. The second kappa shape index (κ2) is 8.95. The first-order valence-corrected chi connectivity index (χ1v) is 13.6. The maximum atomic E-state index is 13.8. The SMILES string of the molecule is COc1ccc2c(c1)c(OP(C)(=O)Oc1nc3ccccc3c3ccc(OC)cc13)nc1ccccc12. The Morgan fingerprint density at radius 2 is 1.00 bits per heavy atom. The molecule has 0 saturated carbocycles. The van der Waals surface area contributed by atoms with Gasteiger partial charge in [0.15, 0.2) is 0 Å². The Morgan fingerprint density at radius 1 is 0.568 bits per heavy atom. The van der Waals surface area contributed by atoms with Crippen LogP contribution in [0.25, 0.3) is 43.4 Å². The molecule has 2 heterocycles. The first kappa shape index (κ1) is 23.1. The van der Waals surface area contributed by atoms with Gasteiger partial charge in [0.05, 0.1) is 31.9 Å². The summed E-state index contributed by atoms with van der Waals surface area (Å²) in [7, 11) is -0.571. The number of fused-ring (bicyclic) bond motifs is 6. The average molecular weight is 510 g/mol. The molecule has 0 amide bonds. The highest BCUT2D eigenvalue weighted by Crippen LogP contribution is 2.48. The van der Waals surface area contributed by atoms with Gasteiger partial charge in [-0.1, -0.05) is 36.4 Å². The fraction of sp³-hybridized carbons (Fsp3) is 0.103. The van der Waals surface area contributed by atoms with Crippen molar-refractivity contribution < 1.29 is 23.1 Å². The van der Waals surface area contributed by atoms with Gasteiger partial charge in [-0.3, -0.25) is 0 Å². The zero-order valence-corrected chi connectivity index (χ0v) is 21.4. The minimum absolute atomic E-state index is 0.195. The highest BCUT2D eigenvalue weighted by molar-refractivity contribution is 7.53. The molecule has 0 atom stereocenters. The molecule has 0 N–H and O–H groups in total. The van der Waals surface area contributed by atoms with E-state index in [2.05, 4.69) is 9.97 Å². The third-order valence-electron chi connectivity index (χ3n) is 6.25. The second-order valence-electron chi connectivity index (χ2n) is 8.65. The molecule has 7 nitrogen and oxygen atoms in total. The largest absolute Gasteiger partial charge is 0.497 e. The monoisotopic (exact) mass is 510 g/mol. The molecule has 0 saturated heterocycles. The van der Waals surface area contributed by atoms with Crippen LogP contribution in [0.3, 0.4) is 0 Å². The van der Waals surface area contributed by atoms with E-state index in [4.69, 9.17) is 18.5 Å². The number of hydrogen-bond acceptors (Lipinski definition) is 7. The molecule has 0 spiro atoms. The number of methoxy groups -OCH3 is 2. The highest BCUT2D eigenvalue weighted by atomic mass is 31.2. The first-order chi connectivity index (χ1) is 18.0. The van der Waals surface area contributed by atoms with Crippen LogP contribution in [0, 0.1) is 0 Å². The van der Waals surface area contributed by atoms with Crippen LogP contribution < -0.4 is 18.5 Å². The van der Waals surface area contributed by atoms with Crippen molar-refractivity contribution >= 4 is 50.9 Å². The number of aromatic nitrogens is 2. The predicted octanol–water partition coefficient (Wildman–Crippen LogP) is 7.39. The van der Waals surface area contributed by atoms with E-state index in [9.17, 15) is 4.57 Å². The van der Waals surface area contributed by atoms with Gasteiger partial charge in [-0.05, 0) is 59.3 Å². The van der Waals surface area contributed by atoms with Gasteiger partial charge >= 0.3 is 7.60 Å². The Morgan fingerprint density at radius 3 is 1.43 bits per heavy atom. The molecular formula is C29H23N2O5P. The van der Waals surface area contributed by atoms with Crippen molar-refractivity contribution in [2.24, 2.45) is 0 Å². The molecule has 0 bridgehead atoms. The molecule has 0 aliphatic rings. The number of hydrogen-bond donors (Lipinski definition) is 0. The predicted molar refractivity (Wildman–Crippen MR) is 146 cm³/mol. The Kier molecular flexibility index (Phi) is 5.58. The van der Waals surface area contributed by atoms with Crippen LogP contribution in [0.2, 0.25) is 0 Å². The summed E-state index contributed by atoms with van der Waals surface area (Å²) < 4.78 is 36.8. The lowest BCUT2D eigenvalue weighted by atomic mass is 10.1. The number of para-hydroxylation sites is 2. The van der Waals surface area contributed by atoms with Gasteiger partial charge in [-0.15, -0.1) is 0 Å². The van der Waals surface area contributed by atoms with Crippen LogP contribution in [-0.4, -0.2) is 30.9 Å². The quantitative estimate of drug-likeness (QED) is 0.171. The number of pyridine rings is 2. The van der Waals surface area contributed by atoms with Crippen molar-refractivity contribution in [3.63, 3.8) is 0 Å². The number of rotatable bonds is 6. The molecular weight excluding hydrogens is 487 g/mol. The molecule has 8 heteroatoms. The van der Waals surface area contributed by atoms with E-state index in [1.54, 1.807) is 14.2 Å². The lowest BCUT2D eigenvalue weighted by Crippen LogP contribution is -2.03. The molecule has 0 fully saturated rings. The van der Waals surface area contributed by atoms with Gasteiger partial charge in [-0.25, -0.2) is 14.5 Å². The van der Waals surface area contributed by atoms with Crippen molar-refractivity contribution in [1.29, 1.82) is 0 Å². The normalized spacial score (nSPS) is 11.8. The van der Waals surface area contributed by atoms with Crippen LogP contribution in [0.4, 0.5) is 0 Å². The highest BCUT2D eigenvalue weighted by Gasteiger charge is 2.26. The smallest absolute Gasteiger partial charge is 0.430 e. The molecule has 0 aliphatic carbocycles. The van der Waals surface area contributed by atoms with Gasteiger partial charge in [0, 0.05) is 21.5 Å². The van der Waals surface area contributed by atoms with Gasteiger partial charge < -0.3 is 18.5 Å². The van der Waals surface area contributed by atoms with Crippen LogP contribution in [-0.2, 0) is 4.57 Å². The van der Waals surface area contributed by atoms with Crippen molar-refractivity contribution in [3.8, 4) is 23.3 Å². The fourth-order valence-electron chi connectivity index (χ4n) is 4.53. The van der Waals surface area contributed by atoms with Gasteiger partial charge in [0.2, 0.25) is 11.8 Å². The minimum atomic E-state index is -3.75. The van der Waals surface area contributed by atoms with Crippen LogP contribution in [0.1, 0.15) is 0 Å². The van der Waals surface area contributed by atoms with E-state index in [-0.39, 0.29) is 11.8 Å². The number of nitrogens with zero attached hydrogens (tertiary/aromatic N) is 2. The van der Waals surface area contributed by atoms with E-state index in [0.717, 1.165) is 21.5 Å². The minimum Gasteiger partial charge on any atom is -0.497 e. The second-order valence-corrected chi connectivity index (χ2v) is 10.6. The first-order valence-electron chi connectivity index (χ1n) is 11.7. The van der Waals surface area contributed by atoms with E-state index < -0.39 is 7.60 Å². The zero-order valence-electron chi connectivity index (χ0n) is 20.5. The lowest BCUT2D eigenvalue weighted by molar-refractivity contribution is 0.386. The summed E-state index contributed by atoms with van der Waals surface area (Å²) in [6, 6.07) is 26.7. The molecule has 184 valence electrons. The summed E-state index contributed by atoms with van der Waals surface area (Å²) in [4.78, 5) is 9.35. The Hall–Kier alpha value is -4.35. The van der Waals surface area contributed by atoms with E-state index in [1.165, 1.54) is 6.66 Å². The Balaban J connectivity index is 1.48.